The molecule has 5 nitrogen and oxygen atoms in total. The number of rotatable bonds is 1. The monoisotopic (exact) mass is 231 g/mol. The van der Waals surface area contributed by atoms with E-state index in [0.717, 1.165) is 0 Å². The highest BCUT2D eigenvalue weighted by Gasteiger charge is 2.14. The lowest BCUT2D eigenvalue weighted by atomic mass is 10.2. The molecule has 17 heavy (non-hydrogen) atoms. The zero-order valence-electron chi connectivity index (χ0n) is 9.02. The Kier molecular flexibility index (Phi) is 2.74. The molecule has 0 aliphatic carbocycles. The lowest BCUT2D eigenvalue weighted by Crippen LogP contribution is -2.31. The summed E-state index contributed by atoms with van der Waals surface area (Å²) in [4.78, 5) is 33.8. The highest BCUT2D eigenvalue weighted by molar-refractivity contribution is 6.05. The van der Waals surface area contributed by atoms with E-state index in [9.17, 15) is 14.4 Å². The topological polar surface area (TPSA) is 76.4 Å². The highest BCUT2D eigenvalue weighted by atomic mass is 16.4. The summed E-state index contributed by atoms with van der Waals surface area (Å²) in [6.45, 7) is 1.20. The third kappa shape index (κ3) is 2.23. The third-order valence-electron chi connectivity index (χ3n) is 2.18. The minimum absolute atomic E-state index is 0.182. The molecule has 5 heteroatoms. The van der Waals surface area contributed by atoms with Crippen LogP contribution in [0.2, 0.25) is 0 Å². The second-order valence-electron chi connectivity index (χ2n) is 3.50. The maximum absolute atomic E-state index is 11.5. The van der Waals surface area contributed by atoms with Gasteiger partial charge in [-0.25, -0.2) is 4.79 Å². The molecule has 0 radical (unpaired) electrons. The quantitative estimate of drug-likeness (QED) is 0.745. The first-order valence-corrected chi connectivity index (χ1v) is 4.93. The molecule has 0 aliphatic heterocycles. The lowest BCUT2D eigenvalue weighted by Gasteiger charge is -2.01. The average Bonchev–Trinajstić information content (AvgIpc) is 2.27. The van der Waals surface area contributed by atoms with E-state index in [0.29, 0.717) is 11.0 Å². The molecule has 1 aromatic heterocycles. The Morgan fingerprint density at radius 3 is 2.65 bits per heavy atom. The lowest BCUT2D eigenvalue weighted by molar-refractivity contribution is -0.118. The molecule has 0 fully saturated rings. The summed E-state index contributed by atoms with van der Waals surface area (Å²) in [6.07, 6.45) is 0. The molecule has 0 saturated carbocycles. The van der Waals surface area contributed by atoms with Crippen molar-refractivity contribution in [3.05, 3.63) is 46.3 Å². The maximum Gasteiger partial charge on any atom is 0.349 e. The molecule has 0 spiro atoms. The van der Waals surface area contributed by atoms with E-state index in [1.807, 2.05) is 5.32 Å². The molecule has 0 bridgehead atoms. The van der Waals surface area contributed by atoms with Crippen LogP contribution in [0.1, 0.15) is 17.3 Å². The van der Waals surface area contributed by atoms with Crippen LogP contribution >= 0.6 is 0 Å². The number of nitrogens with one attached hydrogen (secondary N) is 1. The third-order valence-corrected chi connectivity index (χ3v) is 2.18. The zero-order valence-corrected chi connectivity index (χ0v) is 9.02. The SMILES string of the molecule is CC(=O)NC(=O)c1cc2ccccc2oc1=O. The van der Waals surface area contributed by atoms with Crippen LogP contribution in [0.15, 0.2) is 39.5 Å². The molecule has 0 aliphatic rings. The Balaban J connectivity index is 2.55. The normalized spacial score (nSPS) is 10.2. The summed E-state index contributed by atoms with van der Waals surface area (Å²) >= 11 is 0. The summed E-state index contributed by atoms with van der Waals surface area (Å²) in [5.74, 6) is -1.28. The molecule has 0 unspecified atom stereocenters. The molecule has 0 saturated heterocycles. The molecule has 1 aromatic carbocycles. The van der Waals surface area contributed by atoms with Crippen LogP contribution in [0.5, 0.6) is 0 Å². The Labute approximate surface area is 96.0 Å². The highest BCUT2D eigenvalue weighted by Crippen LogP contribution is 2.12. The van der Waals surface area contributed by atoms with Gasteiger partial charge in [-0.1, -0.05) is 18.2 Å². The number of hydrogen-bond acceptors (Lipinski definition) is 4. The first-order chi connectivity index (χ1) is 8.08. The second-order valence-corrected chi connectivity index (χ2v) is 3.50. The smallest absolute Gasteiger partial charge is 0.349 e. The van der Waals surface area contributed by atoms with E-state index < -0.39 is 17.4 Å². The molecule has 1 N–H and O–H groups in total. The molecule has 1 heterocycles. The number of fused-ring (bicyclic) bond motifs is 1. The van der Waals surface area contributed by atoms with Gasteiger partial charge in [-0.2, -0.15) is 0 Å². The van der Waals surface area contributed by atoms with Gasteiger partial charge >= 0.3 is 5.63 Å². The Bertz CT molecular complexity index is 657. The summed E-state index contributed by atoms with van der Waals surface area (Å²) in [5, 5.41) is 2.65. The van der Waals surface area contributed by atoms with E-state index in [1.165, 1.54) is 13.0 Å². The van der Waals surface area contributed by atoms with Crippen molar-refractivity contribution in [2.24, 2.45) is 0 Å². The number of imide groups is 1. The number of amides is 2. The fourth-order valence-electron chi connectivity index (χ4n) is 1.45. The number of para-hydroxylation sites is 1. The van der Waals surface area contributed by atoms with Gasteiger partial charge in [0.2, 0.25) is 5.91 Å². The van der Waals surface area contributed by atoms with Gasteiger partial charge in [0, 0.05) is 12.3 Å². The molecular formula is C12H9NO4. The average molecular weight is 231 g/mol. The van der Waals surface area contributed by atoms with Crippen molar-refractivity contribution in [1.82, 2.24) is 5.32 Å². The second kappa shape index (κ2) is 4.21. The maximum atomic E-state index is 11.5. The number of benzene rings is 1. The first kappa shape index (κ1) is 11.1. The van der Waals surface area contributed by atoms with Crippen molar-refractivity contribution in [3.63, 3.8) is 0 Å². The van der Waals surface area contributed by atoms with E-state index in [1.54, 1.807) is 24.3 Å². The van der Waals surface area contributed by atoms with Gasteiger partial charge in [0.05, 0.1) is 0 Å². The molecule has 86 valence electrons. The standard InChI is InChI=1S/C12H9NO4/c1-7(14)13-11(15)9-6-8-4-2-3-5-10(8)17-12(9)16/h2-6H,1H3,(H,13,14,15). The molecule has 0 atom stereocenters. The number of carbonyl (C=O) groups excluding carboxylic acids is 2. The fourth-order valence-corrected chi connectivity index (χ4v) is 1.45. The number of carbonyl (C=O) groups is 2. The fraction of sp³-hybridized carbons (Fsp3) is 0.0833. The zero-order chi connectivity index (χ0) is 12.4. The van der Waals surface area contributed by atoms with Gasteiger partial charge in [-0.3, -0.25) is 14.9 Å². The van der Waals surface area contributed by atoms with Gasteiger partial charge in [0.15, 0.2) is 0 Å². The summed E-state index contributed by atoms with van der Waals surface area (Å²) in [5.41, 5.74) is -0.543. The van der Waals surface area contributed by atoms with Gasteiger partial charge in [-0.05, 0) is 12.1 Å². The van der Waals surface area contributed by atoms with Crippen LogP contribution < -0.4 is 10.9 Å². The minimum Gasteiger partial charge on any atom is -0.422 e. The summed E-state index contributed by atoms with van der Waals surface area (Å²) < 4.78 is 4.97. The Morgan fingerprint density at radius 1 is 1.24 bits per heavy atom. The summed E-state index contributed by atoms with van der Waals surface area (Å²) in [7, 11) is 0. The molecule has 2 rings (SSSR count). The number of hydrogen-bond donors (Lipinski definition) is 1. The molecular weight excluding hydrogens is 222 g/mol. The van der Waals surface area contributed by atoms with Gasteiger partial charge in [-0.15, -0.1) is 0 Å². The van der Waals surface area contributed by atoms with E-state index in [4.69, 9.17) is 4.42 Å². The van der Waals surface area contributed by atoms with Crippen LogP contribution in [0.4, 0.5) is 0 Å². The van der Waals surface area contributed by atoms with Crippen molar-refractivity contribution in [2.75, 3.05) is 0 Å². The van der Waals surface area contributed by atoms with Gasteiger partial charge in [0.25, 0.3) is 5.91 Å². The van der Waals surface area contributed by atoms with Crippen LogP contribution in [0.3, 0.4) is 0 Å². The first-order valence-electron chi connectivity index (χ1n) is 4.93. The van der Waals surface area contributed by atoms with E-state index in [2.05, 4.69) is 0 Å². The largest absolute Gasteiger partial charge is 0.422 e. The van der Waals surface area contributed by atoms with Gasteiger partial charge < -0.3 is 4.42 Å². The van der Waals surface area contributed by atoms with Crippen molar-refractivity contribution in [1.29, 1.82) is 0 Å². The van der Waals surface area contributed by atoms with E-state index >= 15 is 0 Å². The van der Waals surface area contributed by atoms with Crippen LogP contribution in [-0.4, -0.2) is 11.8 Å². The predicted molar refractivity (Wildman–Crippen MR) is 60.6 cm³/mol. The van der Waals surface area contributed by atoms with Crippen LogP contribution in [-0.2, 0) is 4.79 Å². The van der Waals surface area contributed by atoms with Crippen molar-refractivity contribution >= 4 is 22.8 Å². The predicted octanol–water partition coefficient (Wildman–Crippen LogP) is 1.07. The molecule has 2 amide bonds. The van der Waals surface area contributed by atoms with Crippen LogP contribution in [0, 0.1) is 0 Å². The van der Waals surface area contributed by atoms with Crippen molar-refractivity contribution in [3.8, 4) is 0 Å². The van der Waals surface area contributed by atoms with Crippen molar-refractivity contribution in [2.45, 2.75) is 6.92 Å². The Hall–Kier alpha value is -2.43. The van der Waals surface area contributed by atoms with E-state index in [-0.39, 0.29) is 5.56 Å². The Morgan fingerprint density at radius 2 is 1.94 bits per heavy atom. The minimum atomic E-state index is -0.762. The van der Waals surface area contributed by atoms with Gasteiger partial charge in [0.1, 0.15) is 11.1 Å². The van der Waals surface area contributed by atoms with Crippen molar-refractivity contribution < 1.29 is 14.0 Å². The van der Waals surface area contributed by atoms with Crippen LogP contribution in [0.25, 0.3) is 11.0 Å². The summed E-state index contributed by atoms with van der Waals surface area (Å²) in [6, 6.07) is 8.22. The molecule has 2 aromatic rings.